The maximum absolute atomic E-state index is 5.93. The Morgan fingerprint density at radius 3 is 2.86 bits per heavy atom. The minimum absolute atomic E-state index is 0.480. The van der Waals surface area contributed by atoms with Crippen LogP contribution < -0.4 is 10.1 Å². The predicted molar refractivity (Wildman–Crippen MR) is 83.6 cm³/mol. The molecular formula is C16H19ClN2O2. The molecule has 2 aromatic rings. The molecule has 0 aliphatic rings. The lowest BCUT2D eigenvalue weighted by Crippen LogP contribution is -2.19. The molecule has 0 atom stereocenters. The fourth-order valence-electron chi connectivity index (χ4n) is 1.78. The normalized spacial score (nSPS) is 10.6. The van der Waals surface area contributed by atoms with Gasteiger partial charge < -0.3 is 14.8 Å². The van der Waals surface area contributed by atoms with Gasteiger partial charge in [0.15, 0.2) is 0 Å². The summed E-state index contributed by atoms with van der Waals surface area (Å²) in [4.78, 5) is 4.35. The second kappa shape index (κ2) is 8.62. The lowest BCUT2D eigenvalue weighted by molar-refractivity contribution is 0.199. The summed E-state index contributed by atoms with van der Waals surface area (Å²) in [6.07, 6.45) is 1.73. The minimum atomic E-state index is 0.480. The van der Waals surface area contributed by atoms with E-state index in [-0.39, 0.29) is 0 Å². The highest BCUT2D eigenvalue weighted by Crippen LogP contribution is 2.14. The molecule has 5 heteroatoms. The molecule has 2 rings (SSSR count). The van der Waals surface area contributed by atoms with Gasteiger partial charge in [-0.25, -0.2) is 0 Å². The van der Waals surface area contributed by atoms with Crippen molar-refractivity contribution >= 4 is 11.6 Å². The molecule has 0 amide bonds. The van der Waals surface area contributed by atoms with Gasteiger partial charge in [0.25, 0.3) is 0 Å². The van der Waals surface area contributed by atoms with Crippen molar-refractivity contribution in [1.82, 2.24) is 10.3 Å². The molecule has 0 radical (unpaired) electrons. The second-order valence-corrected chi connectivity index (χ2v) is 5.01. The smallest absolute Gasteiger partial charge is 0.138 e. The van der Waals surface area contributed by atoms with E-state index in [0.29, 0.717) is 18.2 Å². The summed E-state index contributed by atoms with van der Waals surface area (Å²) in [5, 5.41) is 3.96. The van der Waals surface area contributed by atoms with Crippen LogP contribution >= 0.6 is 11.6 Å². The van der Waals surface area contributed by atoms with E-state index in [0.717, 1.165) is 30.1 Å². The number of pyridine rings is 1. The van der Waals surface area contributed by atoms with Crippen LogP contribution in [0.2, 0.25) is 5.02 Å². The lowest BCUT2D eigenvalue weighted by atomic mass is 10.2. The van der Waals surface area contributed by atoms with Crippen molar-refractivity contribution < 1.29 is 9.47 Å². The number of hydrogen-bond donors (Lipinski definition) is 1. The zero-order chi connectivity index (χ0) is 14.9. The number of ether oxygens (including phenoxy) is 2. The van der Waals surface area contributed by atoms with Gasteiger partial charge in [-0.15, -0.1) is 0 Å². The van der Waals surface area contributed by atoms with E-state index in [1.165, 1.54) is 0 Å². The molecule has 1 N–H and O–H groups in total. The summed E-state index contributed by atoms with van der Waals surface area (Å²) < 4.78 is 10.7. The van der Waals surface area contributed by atoms with E-state index in [9.17, 15) is 0 Å². The molecule has 0 spiro atoms. The lowest BCUT2D eigenvalue weighted by Gasteiger charge is -2.08. The first-order valence-electron chi connectivity index (χ1n) is 6.80. The van der Waals surface area contributed by atoms with Crippen LogP contribution in [0.3, 0.4) is 0 Å². The number of methoxy groups -OCH3 is 1. The Morgan fingerprint density at radius 1 is 1.24 bits per heavy atom. The van der Waals surface area contributed by atoms with Gasteiger partial charge in [0.05, 0.1) is 18.5 Å². The Morgan fingerprint density at radius 2 is 2.14 bits per heavy atom. The molecule has 1 heterocycles. The Labute approximate surface area is 130 Å². The Bertz CT molecular complexity index is 546. The van der Waals surface area contributed by atoms with E-state index in [2.05, 4.69) is 10.3 Å². The minimum Gasteiger partial charge on any atom is -0.487 e. The summed E-state index contributed by atoms with van der Waals surface area (Å²) in [5.74, 6) is 0.746. The SMILES string of the molecule is COCCNCc1ccc(OCc2cccc(Cl)c2)cn1. The van der Waals surface area contributed by atoms with Gasteiger partial charge >= 0.3 is 0 Å². The van der Waals surface area contributed by atoms with Gasteiger partial charge in [0, 0.05) is 25.2 Å². The van der Waals surface area contributed by atoms with E-state index in [1.54, 1.807) is 13.3 Å². The molecule has 0 bridgehead atoms. The standard InChI is InChI=1S/C16H19ClN2O2/c1-20-8-7-18-10-15-5-6-16(11-19-15)21-12-13-3-2-4-14(17)9-13/h2-6,9,11,18H,7-8,10,12H2,1H3. The quantitative estimate of drug-likeness (QED) is 0.761. The summed E-state index contributed by atoms with van der Waals surface area (Å²) in [5.41, 5.74) is 2.01. The van der Waals surface area contributed by atoms with Gasteiger partial charge in [-0.1, -0.05) is 23.7 Å². The van der Waals surface area contributed by atoms with Crippen LogP contribution in [0, 0.1) is 0 Å². The number of aromatic nitrogens is 1. The number of halogens is 1. The molecule has 0 aliphatic carbocycles. The van der Waals surface area contributed by atoms with Gasteiger partial charge in [-0.3, -0.25) is 4.98 Å². The van der Waals surface area contributed by atoms with Crippen LogP contribution in [0.15, 0.2) is 42.6 Å². The first kappa shape index (κ1) is 15.8. The fraction of sp³-hybridized carbons (Fsp3) is 0.312. The highest BCUT2D eigenvalue weighted by Gasteiger charge is 1.99. The van der Waals surface area contributed by atoms with Crippen molar-refractivity contribution in [3.63, 3.8) is 0 Å². The second-order valence-electron chi connectivity index (χ2n) is 4.57. The molecule has 0 saturated heterocycles. The highest BCUT2D eigenvalue weighted by atomic mass is 35.5. The zero-order valence-electron chi connectivity index (χ0n) is 12.0. The maximum atomic E-state index is 5.93. The highest BCUT2D eigenvalue weighted by molar-refractivity contribution is 6.30. The molecule has 112 valence electrons. The van der Waals surface area contributed by atoms with Gasteiger partial charge in [-0.2, -0.15) is 0 Å². The zero-order valence-corrected chi connectivity index (χ0v) is 12.8. The third-order valence-electron chi connectivity index (χ3n) is 2.88. The van der Waals surface area contributed by atoms with Crippen LogP contribution in [-0.2, 0) is 17.9 Å². The number of benzene rings is 1. The van der Waals surface area contributed by atoms with Gasteiger partial charge in [0.2, 0.25) is 0 Å². The van der Waals surface area contributed by atoms with Crippen molar-refractivity contribution in [2.45, 2.75) is 13.2 Å². The molecular weight excluding hydrogens is 288 g/mol. The number of nitrogens with one attached hydrogen (secondary N) is 1. The van der Waals surface area contributed by atoms with E-state index in [4.69, 9.17) is 21.1 Å². The van der Waals surface area contributed by atoms with E-state index in [1.807, 2.05) is 36.4 Å². The average molecular weight is 307 g/mol. The maximum Gasteiger partial charge on any atom is 0.138 e. The fourth-order valence-corrected chi connectivity index (χ4v) is 2.00. The monoisotopic (exact) mass is 306 g/mol. The summed E-state index contributed by atoms with van der Waals surface area (Å²) >= 11 is 5.93. The Hall–Kier alpha value is -1.62. The molecule has 0 unspecified atom stereocenters. The van der Waals surface area contributed by atoms with E-state index < -0.39 is 0 Å². The Kier molecular flexibility index (Phi) is 6.47. The topological polar surface area (TPSA) is 43.4 Å². The molecule has 1 aromatic heterocycles. The van der Waals surface area contributed by atoms with E-state index >= 15 is 0 Å². The number of rotatable bonds is 8. The summed E-state index contributed by atoms with van der Waals surface area (Å²) in [6.45, 7) is 2.71. The third-order valence-corrected chi connectivity index (χ3v) is 3.12. The molecule has 0 aliphatic heterocycles. The van der Waals surface area contributed by atoms with Crippen LogP contribution in [0.4, 0.5) is 0 Å². The van der Waals surface area contributed by atoms with Crippen LogP contribution in [0.1, 0.15) is 11.3 Å². The van der Waals surface area contributed by atoms with Crippen molar-refractivity contribution in [2.75, 3.05) is 20.3 Å². The van der Waals surface area contributed by atoms with Crippen LogP contribution in [-0.4, -0.2) is 25.2 Å². The summed E-state index contributed by atoms with van der Waals surface area (Å²) in [6, 6.07) is 11.5. The molecule has 0 fully saturated rings. The Balaban J connectivity index is 1.79. The van der Waals surface area contributed by atoms with Gasteiger partial charge in [-0.05, 0) is 29.8 Å². The third kappa shape index (κ3) is 5.71. The van der Waals surface area contributed by atoms with Crippen molar-refractivity contribution in [2.24, 2.45) is 0 Å². The molecule has 0 saturated carbocycles. The van der Waals surface area contributed by atoms with Crippen LogP contribution in [0.5, 0.6) is 5.75 Å². The largest absolute Gasteiger partial charge is 0.487 e. The van der Waals surface area contributed by atoms with Gasteiger partial charge in [0.1, 0.15) is 12.4 Å². The summed E-state index contributed by atoms with van der Waals surface area (Å²) in [7, 11) is 1.69. The predicted octanol–water partition coefficient (Wildman–Crippen LogP) is 3.05. The van der Waals surface area contributed by atoms with Crippen molar-refractivity contribution in [1.29, 1.82) is 0 Å². The van der Waals surface area contributed by atoms with Crippen molar-refractivity contribution in [3.05, 3.63) is 58.9 Å². The first-order valence-corrected chi connectivity index (χ1v) is 7.17. The number of nitrogens with zero attached hydrogens (tertiary/aromatic N) is 1. The number of hydrogen-bond acceptors (Lipinski definition) is 4. The van der Waals surface area contributed by atoms with Crippen LogP contribution in [0.25, 0.3) is 0 Å². The van der Waals surface area contributed by atoms with Crippen molar-refractivity contribution in [3.8, 4) is 5.75 Å². The molecule has 4 nitrogen and oxygen atoms in total. The first-order chi connectivity index (χ1) is 10.3. The molecule has 21 heavy (non-hydrogen) atoms. The molecule has 1 aromatic carbocycles. The average Bonchev–Trinajstić information content (AvgIpc) is 2.51.